The lowest BCUT2D eigenvalue weighted by atomic mass is 9.86. The highest BCUT2D eigenvalue weighted by molar-refractivity contribution is 5.26. The first-order chi connectivity index (χ1) is 8.21. The lowest BCUT2D eigenvalue weighted by molar-refractivity contribution is 0.496. The van der Waals surface area contributed by atoms with Gasteiger partial charge in [-0.05, 0) is 28.9 Å². The van der Waals surface area contributed by atoms with Crippen LogP contribution in [0.3, 0.4) is 0 Å². The Bertz CT molecular complexity index is 405. The van der Waals surface area contributed by atoms with Gasteiger partial charge in [0.2, 0.25) is 0 Å². The number of aromatic nitrogens is 1. The normalized spacial score (nSPS) is 15.1. The van der Waals surface area contributed by atoms with Gasteiger partial charge < -0.3 is 4.98 Å². The van der Waals surface area contributed by atoms with Gasteiger partial charge in [-0.15, -0.1) is 0 Å². The molecule has 0 atom stereocenters. The van der Waals surface area contributed by atoms with E-state index in [-0.39, 0.29) is 0 Å². The molecule has 1 heterocycles. The maximum Gasteiger partial charge on any atom is 0.00426 e. The Kier molecular flexibility index (Phi) is 4.61. The van der Waals surface area contributed by atoms with Gasteiger partial charge in [0.05, 0.1) is 0 Å². The average Bonchev–Trinajstić information content (AvgIpc) is 2.91. The van der Waals surface area contributed by atoms with Crippen molar-refractivity contribution in [2.24, 2.45) is 5.41 Å². The first-order valence-corrected chi connectivity index (χ1v) is 6.71. The summed E-state index contributed by atoms with van der Waals surface area (Å²) in [5.74, 6) is 0. The Balaban J connectivity index is 0.000000180. The molecular weight excluding hydrogens is 218 g/mol. The van der Waals surface area contributed by atoms with E-state index in [1.54, 1.807) is 5.57 Å². The molecule has 0 aliphatic heterocycles. The van der Waals surface area contributed by atoms with Crippen LogP contribution >= 0.6 is 0 Å². The maximum absolute atomic E-state index is 3.04. The van der Waals surface area contributed by atoms with E-state index in [0.29, 0.717) is 10.8 Å². The molecule has 1 aromatic rings. The first-order valence-electron chi connectivity index (χ1n) is 6.71. The Morgan fingerprint density at radius 1 is 1.00 bits per heavy atom. The molecule has 1 aliphatic carbocycles. The highest BCUT2D eigenvalue weighted by Gasteiger charge is 2.16. The summed E-state index contributed by atoms with van der Waals surface area (Å²) >= 11 is 0. The minimum absolute atomic E-state index is 0.292. The second-order valence-electron chi connectivity index (χ2n) is 6.92. The van der Waals surface area contributed by atoms with Gasteiger partial charge in [0.1, 0.15) is 0 Å². The topological polar surface area (TPSA) is 15.8 Å². The monoisotopic (exact) mass is 245 g/mol. The molecule has 1 N–H and O–H groups in total. The van der Waals surface area contributed by atoms with E-state index in [2.05, 4.69) is 70.8 Å². The number of aromatic amines is 1. The number of H-pyrrole nitrogens is 1. The summed E-state index contributed by atoms with van der Waals surface area (Å²) in [6, 6.07) is 2.11. The van der Waals surface area contributed by atoms with E-state index in [0.717, 1.165) is 6.42 Å². The van der Waals surface area contributed by atoms with Crippen LogP contribution in [-0.4, -0.2) is 4.98 Å². The molecule has 0 bridgehead atoms. The smallest absolute Gasteiger partial charge is 0.00426 e. The zero-order valence-corrected chi connectivity index (χ0v) is 12.7. The van der Waals surface area contributed by atoms with E-state index in [1.165, 1.54) is 5.56 Å². The Morgan fingerprint density at radius 3 is 1.89 bits per heavy atom. The molecule has 0 spiro atoms. The van der Waals surface area contributed by atoms with Crippen LogP contribution < -0.4 is 0 Å². The van der Waals surface area contributed by atoms with Crippen molar-refractivity contribution in [1.29, 1.82) is 0 Å². The molecule has 100 valence electrons. The lowest BCUT2D eigenvalue weighted by Gasteiger charge is -2.19. The predicted molar refractivity (Wildman–Crippen MR) is 80.8 cm³/mol. The van der Waals surface area contributed by atoms with E-state index < -0.39 is 0 Å². The van der Waals surface area contributed by atoms with Crippen molar-refractivity contribution < 1.29 is 0 Å². The standard InChI is InChI=1S/C9H14.C8H13N/c1-9(2,3)8-6-4-5-7-8;1-8(2,3)7-4-5-9-6-7/h4-6H,7H2,1-3H3;4-6,9H,1-3H3. The van der Waals surface area contributed by atoms with Gasteiger partial charge in [-0.1, -0.05) is 65.3 Å². The zero-order chi connectivity index (χ0) is 13.8. The molecule has 0 amide bonds. The van der Waals surface area contributed by atoms with Crippen LogP contribution in [0.2, 0.25) is 0 Å². The predicted octanol–water partition coefficient (Wildman–Crippen LogP) is 5.23. The summed E-state index contributed by atoms with van der Waals surface area (Å²) in [4.78, 5) is 3.04. The maximum atomic E-state index is 3.04. The van der Waals surface area contributed by atoms with Gasteiger partial charge in [-0.2, -0.15) is 0 Å². The molecule has 18 heavy (non-hydrogen) atoms. The van der Waals surface area contributed by atoms with Crippen molar-refractivity contribution >= 4 is 0 Å². The van der Waals surface area contributed by atoms with Crippen molar-refractivity contribution in [1.82, 2.24) is 4.98 Å². The molecule has 0 saturated carbocycles. The fourth-order valence-corrected chi connectivity index (χ4v) is 1.79. The molecule has 1 aliphatic rings. The minimum atomic E-state index is 0.292. The summed E-state index contributed by atoms with van der Waals surface area (Å²) in [7, 11) is 0. The third-order valence-electron chi connectivity index (χ3n) is 3.20. The van der Waals surface area contributed by atoms with Crippen molar-refractivity contribution in [2.75, 3.05) is 0 Å². The number of allylic oxidation sites excluding steroid dienone is 4. The SMILES string of the molecule is CC(C)(C)C1=CC=CC1.CC(C)(C)c1cc[nH]c1. The molecule has 1 nitrogen and oxygen atoms in total. The van der Waals surface area contributed by atoms with Crippen LogP contribution in [0.5, 0.6) is 0 Å². The largest absolute Gasteiger partial charge is 0.367 e. The number of hydrogen-bond donors (Lipinski definition) is 1. The van der Waals surface area contributed by atoms with E-state index >= 15 is 0 Å². The van der Waals surface area contributed by atoms with Crippen molar-refractivity contribution in [3.05, 3.63) is 47.8 Å². The van der Waals surface area contributed by atoms with Gasteiger partial charge in [-0.3, -0.25) is 0 Å². The first kappa shape index (κ1) is 14.8. The number of hydrogen-bond acceptors (Lipinski definition) is 0. The van der Waals surface area contributed by atoms with Crippen molar-refractivity contribution in [3.8, 4) is 0 Å². The Labute approximate surface area is 112 Å². The number of nitrogens with one attached hydrogen (secondary N) is 1. The summed E-state index contributed by atoms with van der Waals surface area (Å²) in [5.41, 5.74) is 3.58. The fourth-order valence-electron chi connectivity index (χ4n) is 1.79. The van der Waals surface area contributed by atoms with Crippen LogP contribution in [0.25, 0.3) is 0 Å². The van der Waals surface area contributed by atoms with Gasteiger partial charge in [0, 0.05) is 12.4 Å². The highest BCUT2D eigenvalue weighted by atomic mass is 14.6. The molecule has 0 fully saturated rings. The molecule has 1 aromatic heterocycles. The molecular formula is C17H27N. The van der Waals surface area contributed by atoms with Crippen molar-refractivity contribution in [3.63, 3.8) is 0 Å². The molecule has 0 unspecified atom stereocenters. The van der Waals surface area contributed by atoms with Crippen LogP contribution in [0.15, 0.2) is 42.3 Å². The minimum Gasteiger partial charge on any atom is -0.367 e. The van der Waals surface area contributed by atoms with Gasteiger partial charge >= 0.3 is 0 Å². The van der Waals surface area contributed by atoms with E-state index in [9.17, 15) is 0 Å². The third kappa shape index (κ3) is 4.56. The van der Waals surface area contributed by atoms with Crippen molar-refractivity contribution in [2.45, 2.75) is 53.4 Å². The van der Waals surface area contributed by atoms with E-state index in [1.807, 2.05) is 12.4 Å². The summed E-state index contributed by atoms with van der Waals surface area (Å²) < 4.78 is 0. The second kappa shape index (κ2) is 5.60. The second-order valence-corrected chi connectivity index (χ2v) is 6.92. The quantitative estimate of drug-likeness (QED) is 0.644. The van der Waals surface area contributed by atoms with Gasteiger partial charge in [-0.25, -0.2) is 0 Å². The molecule has 1 heteroatoms. The Morgan fingerprint density at radius 2 is 1.67 bits per heavy atom. The van der Waals surface area contributed by atoms with Gasteiger partial charge in [0.15, 0.2) is 0 Å². The van der Waals surface area contributed by atoms with Crippen LogP contribution in [0.4, 0.5) is 0 Å². The average molecular weight is 245 g/mol. The molecule has 0 saturated heterocycles. The fraction of sp³-hybridized carbons (Fsp3) is 0.529. The lowest BCUT2D eigenvalue weighted by Crippen LogP contribution is -2.08. The summed E-state index contributed by atoms with van der Waals surface area (Å²) in [6.07, 6.45) is 11.7. The number of rotatable bonds is 0. The Hall–Kier alpha value is -1.24. The zero-order valence-electron chi connectivity index (χ0n) is 12.7. The van der Waals surface area contributed by atoms with Crippen LogP contribution in [-0.2, 0) is 5.41 Å². The summed E-state index contributed by atoms with van der Waals surface area (Å²) in [5, 5.41) is 0. The molecule has 2 rings (SSSR count). The van der Waals surface area contributed by atoms with E-state index in [4.69, 9.17) is 0 Å². The molecule has 0 radical (unpaired) electrons. The van der Waals surface area contributed by atoms with Crippen LogP contribution in [0, 0.1) is 5.41 Å². The van der Waals surface area contributed by atoms with Gasteiger partial charge in [0.25, 0.3) is 0 Å². The molecule has 0 aromatic carbocycles. The summed E-state index contributed by atoms with van der Waals surface area (Å²) in [6.45, 7) is 13.4. The third-order valence-corrected chi connectivity index (χ3v) is 3.20. The highest BCUT2D eigenvalue weighted by Crippen LogP contribution is 2.30. The van der Waals surface area contributed by atoms with Crippen LogP contribution in [0.1, 0.15) is 53.5 Å².